The van der Waals surface area contributed by atoms with E-state index in [-0.39, 0.29) is 5.91 Å². The summed E-state index contributed by atoms with van der Waals surface area (Å²) in [6.45, 7) is 0. The lowest BCUT2D eigenvalue weighted by molar-refractivity contribution is 0.0648. The number of benzene rings is 1. The fraction of sp³-hybridized carbons (Fsp3) is 0.333. The molecule has 0 aliphatic heterocycles. The zero-order valence-electron chi connectivity index (χ0n) is 14.5. The molecule has 1 saturated carbocycles. The molecule has 5 heteroatoms. The molecule has 4 nitrogen and oxygen atoms in total. The quantitative estimate of drug-likeness (QED) is 0.751. The van der Waals surface area contributed by atoms with Crippen LogP contribution in [0.5, 0.6) is 0 Å². The van der Waals surface area contributed by atoms with Crippen molar-refractivity contribution in [2.24, 2.45) is 0 Å². The Morgan fingerprint density at radius 2 is 1.96 bits per heavy atom. The average molecular weight is 363 g/mol. The maximum absolute atomic E-state index is 13.3. The number of rotatable bonds is 4. The van der Waals surface area contributed by atoms with Gasteiger partial charge in [-0.2, -0.15) is 5.10 Å². The van der Waals surface area contributed by atoms with E-state index in [1.54, 1.807) is 11.3 Å². The van der Waals surface area contributed by atoms with E-state index in [0.717, 1.165) is 42.5 Å². The van der Waals surface area contributed by atoms with Gasteiger partial charge in [-0.15, -0.1) is 11.3 Å². The first-order valence-corrected chi connectivity index (χ1v) is 10.2. The van der Waals surface area contributed by atoms with Gasteiger partial charge in [0, 0.05) is 17.8 Å². The second-order valence-corrected chi connectivity index (χ2v) is 8.19. The summed E-state index contributed by atoms with van der Waals surface area (Å²) in [6, 6.07) is 13.1. The number of hydrogen-bond donors (Lipinski definition) is 1. The lowest BCUT2D eigenvalue weighted by atomic mass is 9.92. The van der Waals surface area contributed by atoms with Gasteiger partial charge < -0.3 is 4.90 Å². The van der Waals surface area contributed by atoms with E-state index in [2.05, 4.69) is 38.7 Å². The van der Waals surface area contributed by atoms with Crippen molar-refractivity contribution in [2.75, 3.05) is 0 Å². The maximum atomic E-state index is 13.3. The minimum atomic E-state index is 0.205. The zero-order valence-corrected chi connectivity index (χ0v) is 15.3. The van der Waals surface area contributed by atoms with Gasteiger partial charge in [0.05, 0.1) is 11.1 Å². The van der Waals surface area contributed by atoms with Crippen LogP contribution < -0.4 is 0 Å². The van der Waals surface area contributed by atoms with Gasteiger partial charge in [0.1, 0.15) is 0 Å². The van der Waals surface area contributed by atoms with Crippen molar-refractivity contribution in [3.05, 3.63) is 64.1 Å². The molecule has 2 aliphatic rings. The molecule has 2 heterocycles. The minimum Gasteiger partial charge on any atom is -0.332 e. The molecule has 1 aromatic carbocycles. The van der Waals surface area contributed by atoms with Crippen LogP contribution in [0.4, 0.5) is 0 Å². The molecule has 0 spiro atoms. The molecule has 26 heavy (non-hydrogen) atoms. The third-order valence-electron chi connectivity index (χ3n) is 5.48. The van der Waals surface area contributed by atoms with E-state index < -0.39 is 0 Å². The summed E-state index contributed by atoms with van der Waals surface area (Å²) >= 11 is 1.57. The second kappa shape index (κ2) is 6.40. The second-order valence-electron chi connectivity index (χ2n) is 7.28. The number of fused-ring (bicyclic) bond motifs is 1. The molecule has 1 atom stereocenters. The fourth-order valence-electron chi connectivity index (χ4n) is 3.97. The van der Waals surface area contributed by atoms with Crippen LogP contribution >= 0.6 is 11.3 Å². The Bertz CT molecular complexity index is 926. The highest BCUT2D eigenvalue weighted by atomic mass is 32.1. The minimum absolute atomic E-state index is 0.205. The van der Waals surface area contributed by atoms with Crippen molar-refractivity contribution in [1.29, 1.82) is 0 Å². The molecule has 0 bridgehead atoms. The Hall–Kier alpha value is -2.40. The van der Waals surface area contributed by atoms with Gasteiger partial charge in [-0.3, -0.25) is 9.89 Å². The fourth-order valence-corrected chi connectivity index (χ4v) is 4.83. The molecule has 2 aliphatic carbocycles. The van der Waals surface area contributed by atoms with Gasteiger partial charge >= 0.3 is 0 Å². The van der Waals surface area contributed by atoms with Crippen molar-refractivity contribution in [1.82, 2.24) is 15.1 Å². The largest absolute Gasteiger partial charge is 0.332 e. The molecule has 132 valence electrons. The van der Waals surface area contributed by atoms with Gasteiger partial charge in [0.2, 0.25) is 0 Å². The number of thiophene rings is 1. The highest BCUT2D eigenvalue weighted by molar-refractivity contribution is 7.12. The first-order valence-electron chi connectivity index (χ1n) is 9.27. The van der Waals surface area contributed by atoms with Gasteiger partial charge in [-0.05, 0) is 60.2 Å². The van der Waals surface area contributed by atoms with Crippen LogP contribution in [0.3, 0.4) is 0 Å². The van der Waals surface area contributed by atoms with E-state index in [1.807, 2.05) is 24.4 Å². The van der Waals surface area contributed by atoms with Crippen molar-refractivity contribution in [2.45, 2.75) is 44.2 Å². The molecule has 0 saturated heterocycles. The van der Waals surface area contributed by atoms with E-state index in [1.165, 1.54) is 16.8 Å². The number of carbonyl (C=O) groups is 1. The Morgan fingerprint density at radius 3 is 2.77 bits per heavy atom. The van der Waals surface area contributed by atoms with Crippen molar-refractivity contribution in [3.63, 3.8) is 0 Å². The van der Waals surface area contributed by atoms with E-state index in [9.17, 15) is 4.79 Å². The first kappa shape index (κ1) is 15.8. The summed E-state index contributed by atoms with van der Waals surface area (Å²) < 4.78 is 0. The van der Waals surface area contributed by atoms with Crippen molar-refractivity contribution in [3.8, 4) is 11.1 Å². The number of nitrogens with one attached hydrogen (secondary N) is 1. The maximum Gasteiger partial charge on any atom is 0.264 e. The predicted octanol–water partition coefficient (Wildman–Crippen LogP) is 4.30. The highest BCUT2D eigenvalue weighted by Crippen LogP contribution is 2.36. The van der Waals surface area contributed by atoms with Gasteiger partial charge in [-0.25, -0.2) is 0 Å². The number of nitrogens with zero attached hydrogens (tertiary/aromatic N) is 2. The van der Waals surface area contributed by atoms with Crippen LogP contribution in [0.15, 0.2) is 48.0 Å². The van der Waals surface area contributed by atoms with Crippen LogP contribution in [0, 0.1) is 0 Å². The summed E-state index contributed by atoms with van der Waals surface area (Å²) in [5.74, 6) is 0.205. The molecule has 1 fully saturated rings. The van der Waals surface area contributed by atoms with Crippen LogP contribution in [-0.4, -0.2) is 33.1 Å². The van der Waals surface area contributed by atoms with Crippen LogP contribution in [-0.2, 0) is 12.8 Å². The summed E-state index contributed by atoms with van der Waals surface area (Å²) in [4.78, 5) is 16.4. The molecule has 5 rings (SSSR count). The van der Waals surface area contributed by atoms with E-state index >= 15 is 0 Å². The first-order chi connectivity index (χ1) is 12.8. The Labute approximate surface area is 156 Å². The van der Waals surface area contributed by atoms with Crippen molar-refractivity contribution >= 4 is 17.2 Å². The lowest BCUT2D eigenvalue weighted by Crippen LogP contribution is -2.44. The standard InChI is InChI=1S/C21H21N3OS/c25-21(20-11-16(13-26-20)14-4-2-1-3-5-14)24(17-6-7-17)18-8-9-19-15(10-18)12-22-23-19/h1-5,11-13,17-18H,6-10H2,(H,22,23). The number of aryl methyl sites for hydroxylation is 1. The lowest BCUT2D eigenvalue weighted by Gasteiger charge is -2.34. The Balaban J connectivity index is 1.40. The predicted molar refractivity (Wildman–Crippen MR) is 103 cm³/mol. The molecular formula is C21H21N3OS. The summed E-state index contributed by atoms with van der Waals surface area (Å²) in [5, 5.41) is 9.36. The average Bonchev–Trinajstić information content (AvgIpc) is 3.20. The molecule has 1 unspecified atom stereocenters. The van der Waals surface area contributed by atoms with Gasteiger partial charge in [-0.1, -0.05) is 30.3 Å². The van der Waals surface area contributed by atoms with Crippen LogP contribution in [0.25, 0.3) is 11.1 Å². The van der Waals surface area contributed by atoms with Crippen LogP contribution in [0.1, 0.15) is 40.2 Å². The molecule has 1 N–H and O–H groups in total. The van der Waals surface area contributed by atoms with Crippen molar-refractivity contribution < 1.29 is 4.79 Å². The SMILES string of the molecule is O=C(c1cc(-c2ccccc2)cs1)N(C1CC1)C1CCc2[nH]ncc2C1. The van der Waals surface area contributed by atoms with Gasteiger partial charge in [0.25, 0.3) is 5.91 Å². The molecule has 2 aromatic heterocycles. The summed E-state index contributed by atoms with van der Waals surface area (Å²) in [5.41, 5.74) is 4.82. The normalized spacial score (nSPS) is 19.2. The molecule has 1 amide bonds. The third kappa shape index (κ3) is 2.86. The zero-order chi connectivity index (χ0) is 17.5. The van der Waals surface area contributed by atoms with Gasteiger partial charge in [0.15, 0.2) is 0 Å². The Kier molecular flexibility index (Phi) is 3.89. The van der Waals surface area contributed by atoms with E-state index in [4.69, 9.17) is 0 Å². The smallest absolute Gasteiger partial charge is 0.264 e. The monoisotopic (exact) mass is 363 g/mol. The summed E-state index contributed by atoms with van der Waals surface area (Å²) in [7, 11) is 0. The van der Waals surface area contributed by atoms with Crippen LogP contribution in [0.2, 0.25) is 0 Å². The van der Waals surface area contributed by atoms with E-state index in [0.29, 0.717) is 12.1 Å². The Morgan fingerprint density at radius 1 is 1.12 bits per heavy atom. The third-order valence-corrected chi connectivity index (χ3v) is 6.39. The molecular weight excluding hydrogens is 342 g/mol. The number of aromatic nitrogens is 2. The number of amides is 1. The summed E-state index contributed by atoms with van der Waals surface area (Å²) in [6.07, 6.45) is 7.13. The number of hydrogen-bond acceptors (Lipinski definition) is 3. The number of aromatic amines is 1. The number of carbonyl (C=O) groups excluding carboxylic acids is 1. The molecule has 3 aromatic rings. The topological polar surface area (TPSA) is 49.0 Å². The number of H-pyrrole nitrogens is 1. The molecule has 0 radical (unpaired) electrons. The highest BCUT2D eigenvalue weighted by Gasteiger charge is 2.39.